The molecule has 0 N–H and O–H groups in total. The summed E-state index contributed by atoms with van der Waals surface area (Å²) in [7, 11) is 6.53. The van der Waals surface area contributed by atoms with Gasteiger partial charge in [-0.05, 0) is 41.3 Å². The summed E-state index contributed by atoms with van der Waals surface area (Å²) in [6, 6.07) is 11.8. The van der Waals surface area contributed by atoms with Crippen molar-refractivity contribution >= 4 is 60.9 Å². The SMILES string of the molecule is COc1ccc(Cc2nccc3cc(OC)c(OC)cc23)cc1OC.Cl.[CaH2]. The van der Waals surface area contributed by atoms with Crippen LogP contribution < -0.4 is 18.9 Å². The van der Waals surface area contributed by atoms with Crippen LogP contribution in [0.1, 0.15) is 11.3 Å². The molecule has 0 saturated heterocycles. The van der Waals surface area contributed by atoms with Gasteiger partial charge >= 0.3 is 37.7 Å². The van der Waals surface area contributed by atoms with E-state index in [0.717, 1.165) is 22.0 Å². The summed E-state index contributed by atoms with van der Waals surface area (Å²) in [6.07, 6.45) is 2.48. The van der Waals surface area contributed by atoms with Gasteiger partial charge in [0.25, 0.3) is 0 Å². The molecule has 0 aliphatic heterocycles. The van der Waals surface area contributed by atoms with E-state index in [-0.39, 0.29) is 50.1 Å². The molecular weight excluding hydrogens is 394 g/mol. The Morgan fingerprint density at radius 3 is 1.96 bits per heavy atom. The van der Waals surface area contributed by atoms with Crippen LogP contribution in [-0.4, -0.2) is 71.2 Å². The molecule has 3 rings (SSSR count). The van der Waals surface area contributed by atoms with Crippen LogP contribution in [0.5, 0.6) is 23.0 Å². The van der Waals surface area contributed by atoms with Crippen LogP contribution in [-0.2, 0) is 6.42 Å². The molecule has 142 valence electrons. The molecule has 0 radical (unpaired) electrons. The van der Waals surface area contributed by atoms with E-state index in [4.69, 9.17) is 18.9 Å². The third kappa shape index (κ3) is 5.11. The number of hydrogen-bond donors (Lipinski definition) is 0. The summed E-state index contributed by atoms with van der Waals surface area (Å²) >= 11 is 0. The molecule has 0 spiro atoms. The van der Waals surface area contributed by atoms with Crippen molar-refractivity contribution in [3.8, 4) is 23.0 Å². The van der Waals surface area contributed by atoms with Gasteiger partial charge in [0.2, 0.25) is 0 Å². The Balaban J connectivity index is 0.00000182. The van der Waals surface area contributed by atoms with E-state index >= 15 is 0 Å². The fraction of sp³-hybridized carbons (Fsp3) is 0.250. The van der Waals surface area contributed by atoms with Gasteiger partial charge in [0, 0.05) is 18.0 Å². The maximum atomic E-state index is 5.43. The van der Waals surface area contributed by atoms with Crippen molar-refractivity contribution in [2.75, 3.05) is 28.4 Å². The van der Waals surface area contributed by atoms with Gasteiger partial charge in [0.1, 0.15) is 0 Å². The number of benzene rings is 2. The molecule has 1 heterocycles. The molecule has 0 unspecified atom stereocenters. The van der Waals surface area contributed by atoms with E-state index in [2.05, 4.69) is 4.98 Å². The zero-order valence-electron chi connectivity index (χ0n) is 15.2. The molecule has 3 aromatic rings. The fourth-order valence-electron chi connectivity index (χ4n) is 2.88. The Morgan fingerprint density at radius 1 is 0.741 bits per heavy atom. The van der Waals surface area contributed by atoms with Gasteiger partial charge in [-0.3, -0.25) is 4.98 Å². The molecule has 0 saturated carbocycles. The van der Waals surface area contributed by atoms with Crippen molar-refractivity contribution in [1.82, 2.24) is 4.98 Å². The van der Waals surface area contributed by atoms with Crippen molar-refractivity contribution in [1.29, 1.82) is 0 Å². The molecule has 0 aliphatic carbocycles. The van der Waals surface area contributed by atoms with Crippen LogP contribution >= 0.6 is 12.4 Å². The summed E-state index contributed by atoms with van der Waals surface area (Å²) in [5, 5.41) is 2.10. The number of methoxy groups -OCH3 is 4. The fourth-order valence-corrected chi connectivity index (χ4v) is 2.88. The van der Waals surface area contributed by atoms with Gasteiger partial charge in [-0.1, -0.05) is 6.07 Å². The number of fused-ring (bicyclic) bond motifs is 1. The van der Waals surface area contributed by atoms with Crippen LogP contribution in [0.25, 0.3) is 10.8 Å². The molecule has 0 amide bonds. The van der Waals surface area contributed by atoms with Crippen LogP contribution in [0.15, 0.2) is 42.6 Å². The van der Waals surface area contributed by atoms with Crippen LogP contribution in [0, 0.1) is 0 Å². The first kappa shape index (κ1) is 23.6. The van der Waals surface area contributed by atoms with Crippen molar-refractivity contribution in [3.63, 3.8) is 0 Å². The quantitative estimate of drug-likeness (QED) is 0.575. The third-order valence-electron chi connectivity index (χ3n) is 4.17. The number of rotatable bonds is 6. The second-order valence-electron chi connectivity index (χ2n) is 5.55. The molecule has 2 aromatic carbocycles. The van der Waals surface area contributed by atoms with E-state index in [1.165, 1.54) is 0 Å². The van der Waals surface area contributed by atoms with E-state index in [9.17, 15) is 0 Å². The number of nitrogens with zero attached hydrogens (tertiary/aromatic N) is 1. The molecule has 27 heavy (non-hydrogen) atoms. The normalized spacial score (nSPS) is 9.78. The van der Waals surface area contributed by atoms with Crippen molar-refractivity contribution in [2.45, 2.75) is 6.42 Å². The number of aromatic nitrogens is 1. The van der Waals surface area contributed by atoms with Crippen molar-refractivity contribution < 1.29 is 18.9 Å². The van der Waals surface area contributed by atoms with Crippen molar-refractivity contribution in [3.05, 3.63) is 53.9 Å². The number of hydrogen-bond acceptors (Lipinski definition) is 5. The average Bonchev–Trinajstić information content (AvgIpc) is 2.66. The third-order valence-corrected chi connectivity index (χ3v) is 4.17. The zero-order valence-corrected chi connectivity index (χ0v) is 16.1. The predicted octanol–water partition coefficient (Wildman–Crippen LogP) is 3.37. The molecule has 0 bridgehead atoms. The minimum absolute atomic E-state index is 0. The van der Waals surface area contributed by atoms with Gasteiger partial charge in [-0.15, -0.1) is 12.4 Å². The van der Waals surface area contributed by atoms with Gasteiger partial charge in [-0.2, -0.15) is 0 Å². The zero-order chi connectivity index (χ0) is 17.8. The Bertz CT molecular complexity index is 905. The Labute approximate surface area is 195 Å². The molecule has 7 heteroatoms. The molecule has 0 fully saturated rings. The topological polar surface area (TPSA) is 49.8 Å². The van der Waals surface area contributed by atoms with Crippen LogP contribution in [0.3, 0.4) is 0 Å². The summed E-state index contributed by atoms with van der Waals surface area (Å²) in [5.41, 5.74) is 2.05. The van der Waals surface area contributed by atoms with E-state index in [0.29, 0.717) is 29.4 Å². The van der Waals surface area contributed by atoms with Crippen molar-refractivity contribution in [2.24, 2.45) is 0 Å². The van der Waals surface area contributed by atoms with Crippen LogP contribution in [0.2, 0.25) is 0 Å². The van der Waals surface area contributed by atoms with Crippen LogP contribution in [0.4, 0.5) is 0 Å². The Kier molecular flexibility index (Phi) is 9.46. The molecule has 1 aromatic heterocycles. The summed E-state index contributed by atoms with van der Waals surface area (Å²) in [6.45, 7) is 0. The number of pyridine rings is 1. The first-order valence-electron chi connectivity index (χ1n) is 7.90. The predicted molar refractivity (Wildman–Crippen MR) is 113 cm³/mol. The molecular formula is C20H24CaClNO4. The van der Waals surface area contributed by atoms with Gasteiger partial charge < -0.3 is 18.9 Å². The Hall–Kier alpha value is -1.40. The molecule has 0 aliphatic rings. The number of halogens is 1. The Morgan fingerprint density at radius 2 is 1.33 bits per heavy atom. The minimum atomic E-state index is 0. The first-order chi connectivity index (χ1) is 12.2. The average molecular weight is 418 g/mol. The molecule has 0 atom stereocenters. The summed E-state index contributed by atoms with van der Waals surface area (Å²) in [4.78, 5) is 4.56. The first-order valence-corrected chi connectivity index (χ1v) is 7.90. The van der Waals surface area contributed by atoms with E-state index in [1.54, 1.807) is 28.4 Å². The van der Waals surface area contributed by atoms with E-state index in [1.807, 2.05) is 42.6 Å². The second-order valence-corrected chi connectivity index (χ2v) is 5.55. The number of ether oxygens (including phenoxy) is 4. The summed E-state index contributed by atoms with van der Waals surface area (Å²) in [5.74, 6) is 2.82. The van der Waals surface area contributed by atoms with Gasteiger partial charge in [0.05, 0.1) is 34.1 Å². The monoisotopic (exact) mass is 417 g/mol. The van der Waals surface area contributed by atoms with Gasteiger partial charge in [0.15, 0.2) is 23.0 Å². The summed E-state index contributed by atoms with van der Waals surface area (Å²) < 4.78 is 21.5. The second kappa shape index (κ2) is 10.8. The standard InChI is InChI=1S/C20H21NO4.Ca.ClH.2H/c1-22-17-6-5-13(10-18(17)23-2)9-16-15-12-20(25-4)19(24-3)11-14(15)7-8-21-16;;;;/h5-8,10-12H,9H2,1-4H3;;1H;;. The molecule has 5 nitrogen and oxygen atoms in total. The van der Waals surface area contributed by atoms with E-state index < -0.39 is 0 Å². The van der Waals surface area contributed by atoms with Gasteiger partial charge in [-0.25, -0.2) is 0 Å². The maximum absolute atomic E-state index is 5.43.